The molecular weight excluding hydrogens is 580 g/mol. The van der Waals surface area contributed by atoms with Crippen LogP contribution >= 0.6 is 19.1 Å². The van der Waals surface area contributed by atoms with Gasteiger partial charge in [-0.2, -0.15) is 11.4 Å². The van der Waals surface area contributed by atoms with Gasteiger partial charge in [-0.25, -0.2) is 27.1 Å². The number of hydrogen-bond donors (Lipinski definition) is 2. The highest BCUT2D eigenvalue weighted by Crippen LogP contribution is 2.73. The van der Waals surface area contributed by atoms with E-state index in [1.807, 2.05) is 6.92 Å². The van der Waals surface area contributed by atoms with Crippen LogP contribution in [0.5, 0.6) is 0 Å². The second-order valence-electron chi connectivity index (χ2n) is 12.1. The molecule has 0 bridgehead atoms. The molecule has 3 saturated carbocycles. The van der Waals surface area contributed by atoms with Gasteiger partial charge in [-0.15, -0.1) is 0 Å². The van der Waals surface area contributed by atoms with Gasteiger partial charge in [-0.1, -0.05) is 26.8 Å². The molecule has 3 fully saturated rings. The Kier molecular flexibility index (Phi) is 7.66. The maximum atomic E-state index is 18.3. The van der Waals surface area contributed by atoms with Crippen LogP contribution in [0.3, 0.4) is 0 Å². The summed E-state index contributed by atoms with van der Waals surface area (Å²) < 4.78 is 74.3. The van der Waals surface area contributed by atoms with E-state index in [1.54, 1.807) is 19.2 Å². The van der Waals surface area contributed by atoms with E-state index >= 15 is 8.78 Å². The van der Waals surface area contributed by atoms with E-state index in [2.05, 4.69) is 4.98 Å². The Balaban J connectivity index is 1.72. The van der Waals surface area contributed by atoms with Gasteiger partial charge in [-0.05, 0) is 55.2 Å². The minimum absolute atomic E-state index is 0.0337. The van der Waals surface area contributed by atoms with E-state index in [1.165, 1.54) is 31.5 Å². The zero-order valence-electron chi connectivity index (χ0n) is 23.4. The summed E-state index contributed by atoms with van der Waals surface area (Å²) in [5.41, 5.74) is -6.60. The van der Waals surface area contributed by atoms with Crippen molar-refractivity contribution in [2.24, 2.45) is 28.6 Å². The van der Waals surface area contributed by atoms with Crippen LogP contribution in [0.4, 0.5) is 13.2 Å². The van der Waals surface area contributed by atoms with E-state index in [0.29, 0.717) is 6.42 Å². The number of carbonyl (C=O) groups excluding carboxylic acids is 2. The third-order valence-electron chi connectivity index (χ3n) is 10.2. The average molecular weight is 617 g/mol. The highest BCUT2D eigenvalue weighted by atomic mass is 32.1. The van der Waals surface area contributed by atoms with Gasteiger partial charge in [-0.3, -0.25) is 14.1 Å². The predicted molar refractivity (Wildman–Crippen MR) is 150 cm³/mol. The lowest BCUT2D eigenvalue weighted by Gasteiger charge is -2.63. The number of halogens is 3. The molecule has 8 nitrogen and oxygen atoms in total. The quantitative estimate of drug-likeness (QED) is 0.185. The molecule has 0 aliphatic heterocycles. The molecule has 4 aliphatic carbocycles. The van der Waals surface area contributed by atoms with Crippen LogP contribution in [0.2, 0.25) is 0 Å². The maximum Gasteiger partial charge on any atom is 0.437 e. The summed E-state index contributed by atoms with van der Waals surface area (Å²) in [6, 6.07) is -0.737. The fraction of sp³-hybridized carbons (Fsp3) is 0.643. The third kappa shape index (κ3) is 4.30. The number of aromatic nitrogens is 2. The number of ketones is 1. The zero-order chi connectivity index (χ0) is 30.0. The Morgan fingerprint density at radius 2 is 2.07 bits per heavy atom. The number of ether oxygens (including phenoxy) is 1. The molecule has 0 saturated heterocycles. The van der Waals surface area contributed by atoms with Gasteiger partial charge in [0.05, 0.1) is 0 Å². The summed E-state index contributed by atoms with van der Waals surface area (Å²) in [4.78, 5) is 39.9. The summed E-state index contributed by atoms with van der Waals surface area (Å²) in [6.07, 6.45) is 3.88. The first-order chi connectivity index (χ1) is 19.2. The molecule has 1 aromatic rings. The first-order valence-corrected chi connectivity index (χ1v) is 16.4. The molecule has 226 valence electrons. The molecule has 41 heavy (non-hydrogen) atoms. The molecule has 0 aromatic carbocycles. The van der Waals surface area contributed by atoms with Gasteiger partial charge in [0, 0.05) is 41.5 Å². The molecule has 5 rings (SSSR count). The molecule has 13 heteroatoms. The van der Waals surface area contributed by atoms with E-state index in [-0.39, 0.29) is 36.2 Å². The van der Waals surface area contributed by atoms with Crippen molar-refractivity contribution in [3.63, 3.8) is 0 Å². The molecule has 1 unspecified atom stereocenters. The number of imidazole rings is 1. The molecule has 1 aromatic heterocycles. The molecule has 0 radical (unpaired) electrons. The lowest BCUT2D eigenvalue weighted by molar-refractivity contribution is -0.215. The van der Waals surface area contributed by atoms with E-state index in [0.717, 1.165) is 16.7 Å². The summed E-state index contributed by atoms with van der Waals surface area (Å²) in [6.45, 7) is 6.77. The van der Waals surface area contributed by atoms with E-state index in [4.69, 9.17) is 9.26 Å². The minimum Gasteiger partial charge on any atom is -0.453 e. The molecule has 10 atom stereocenters. The van der Waals surface area contributed by atoms with Crippen molar-refractivity contribution in [1.29, 1.82) is 0 Å². The zero-order valence-corrected chi connectivity index (χ0v) is 25.2. The van der Waals surface area contributed by atoms with Crippen molar-refractivity contribution in [3.8, 4) is 0 Å². The summed E-state index contributed by atoms with van der Waals surface area (Å²) in [7, 11) is -4.72. The Morgan fingerprint density at radius 1 is 1.34 bits per heavy atom. The number of hydrogen-bond acceptors (Lipinski definition) is 6. The molecule has 0 amide bonds. The Bertz CT molecular complexity index is 1370. The van der Waals surface area contributed by atoms with Crippen LogP contribution in [-0.2, 0) is 23.4 Å². The number of thiol groups is 1. The smallest absolute Gasteiger partial charge is 0.437 e. The number of esters is 1. The molecule has 1 N–H and O–H groups in total. The summed E-state index contributed by atoms with van der Waals surface area (Å²) >= 11 is 0.252. The standard InChI is InChI=1S/C28H36F3N2O6PS/c1-5-24(35)38-27(14-41-15-29)17(2)10-19-20-12-22(30)21-11-18(34)6-7-25(21,3)28(20,31)23(13-26(19,27)4)39-40(36,37)33-9-8-32-16-33/h6-9,11,14,16-17,19-20,22-23,41H,5,10,12-13,15H2,1-4H3,(H,36,37)/t17-,19+,20+,22+,23+,25+,26+,27-,28+/m1/s1. The van der Waals surface area contributed by atoms with Crippen molar-refractivity contribution in [2.75, 3.05) is 6.01 Å². The van der Waals surface area contributed by atoms with Crippen LogP contribution in [0, 0.1) is 28.6 Å². The minimum atomic E-state index is -4.72. The average Bonchev–Trinajstić information content (AvgIpc) is 3.53. The van der Waals surface area contributed by atoms with Crippen molar-refractivity contribution in [1.82, 2.24) is 9.32 Å². The Labute approximate surface area is 240 Å². The Hall–Kier alpha value is -2.01. The number of nitrogens with zero attached hydrogens (tertiary/aromatic N) is 2. The largest absolute Gasteiger partial charge is 0.453 e. The van der Waals surface area contributed by atoms with Gasteiger partial charge in [0.15, 0.2) is 11.5 Å². The molecular formula is C28H36F3N2O6PS. The van der Waals surface area contributed by atoms with Gasteiger partial charge >= 0.3 is 13.7 Å². The number of carbonyl (C=O) groups is 2. The highest BCUT2D eigenvalue weighted by Gasteiger charge is 2.77. The van der Waals surface area contributed by atoms with Crippen LogP contribution in [0.15, 0.2) is 42.5 Å². The summed E-state index contributed by atoms with van der Waals surface area (Å²) in [5, 5.41) is 1.60. The lowest BCUT2D eigenvalue weighted by atomic mass is 9.44. The number of allylic oxidation sites excluding steroid dienone is 4. The van der Waals surface area contributed by atoms with Gasteiger partial charge in [0.2, 0.25) is 0 Å². The van der Waals surface area contributed by atoms with E-state index in [9.17, 15) is 23.4 Å². The van der Waals surface area contributed by atoms with Gasteiger partial charge < -0.3 is 9.63 Å². The number of fused-ring (bicyclic) bond motifs is 5. The Morgan fingerprint density at radius 3 is 2.71 bits per heavy atom. The van der Waals surface area contributed by atoms with Crippen molar-refractivity contribution in [2.45, 2.75) is 76.9 Å². The predicted octanol–water partition coefficient (Wildman–Crippen LogP) is 5.31. The van der Waals surface area contributed by atoms with Crippen LogP contribution < -0.4 is 0 Å². The fourth-order valence-electron chi connectivity index (χ4n) is 8.20. The van der Waals surface area contributed by atoms with Crippen molar-refractivity contribution in [3.05, 3.63) is 42.5 Å². The van der Waals surface area contributed by atoms with E-state index < -0.39 is 77.6 Å². The van der Waals surface area contributed by atoms with Crippen molar-refractivity contribution >= 4 is 36.2 Å². The molecule has 1 heterocycles. The topological polar surface area (TPSA) is 108 Å². The third-order valence-corrected chi connectivity index (χ3v) is 12.3. The van der Waals surface area contributed by atoms with Gasteiger partial charge in [0.25, 0.3) is 0 Å². The monoisotopic (exact) mass is 616 g/mol. The highest BCUT2D eigenvalue weighted by molar-refractivity contribution is 7.97. The number of alkyl halides is 3. The lowest BCUT2D eigenvalue weighted by Crippen LogP contribution is -2.70. The van der Waals surface area contributed by atoms with Gasteiger partial charge in [0.1, 0.15) is 30.2 Å². The number of rotatable bonds is 7. The fourth-order valence-corrected chi connectivity index (χ4v) is 10.2. The second kappa shape index (κ2) is 10.3. The normalized spacial score (nSPS) is 43.4. The molecule has 0 spiro atoms. The maximum absolute atomic E-state index is 18.3. The second-order valence-corrected chi connectivity index (χ2v) is 14.6. The van der Waals surface area contributed by atoms with Crippen LogP contribution in [0.1, 0.15) is 53.4 Å². The molecule has 4 aliphatic rings. The van der Waals surface area contributed by atoms with Crippen LogP contribution in [-0.4, -0.2) is 60.9 Å². The SMILES string of the molecule is CCC(=O)O[C@]1(C=[SH]CF)[C@H](C)C[C@H]2[C@@H]3C[C@H](F)C4=CC(=O)C=C[C@]4(C)[C@@]3(F)[C@@H](OP(=O)(O)n3ccnc3)C[C@@]21C. The first-order valence-electron chi connectivity index (χ1n) is 13.8. The summed E-state index contributed by atoms with van der Waals surface area (Å²) in [5.74, 6) is -3.00. The van der Waals surface area contributed by atoms with Crippen LogP contribution in [0.25, 0.3) is 0 Å². The first kappa shape index (κ1) is 30.4. The van der Waals surface area contributed by atoms with Crippen molar-refractivity contribution < 1.29 is 41.5 Å².